The average molecular weight is 433 g/mol. The highest BCUT2D eigenvalue weighted by molar-refractivity contribution is 6.36. The zero-order valence-electron chi connectivity index (χ0n) is 16.4. The number of hydrogen-bond donors (Lipinski definition) is 2. The molecule has 0 spiro atoms. The number of ether oxygens (including phenoxy) is 1. The first-order valence-corrected chi connectivity index (χ1v) is 9.88. The number of methoxy groups -OCH3 is 1. The maximum atomic E-state index is 12.7. The maximum absolute atomic E-state index is 12.7. The highest BCUT2D eigenvalue weighted by Crippen LogP contribution is 2.30. The van der Waals surface area contributed by atoms with E-state index in [1.807, 2.05) is 35.8 Å². The van der Waals surface area contributed by atoms with Crippen LogP contribution in [-0.4, -0.2) is 29.6 Å². The predicted molar refractivity (Wildman–Crippen MR) is 117 cm³/mol. The minimum atomic E-state index is -0.238. The van der Waals surface area contributed by atoms with Gasteiger partial charge in [-0.3, -0.25) is 4.79 Å². The second kappa shape index (κ2) is 9.20. The summed E-state index contributed by atoms with van der Waals surface area (Å²) in [7, 11) is 3.22. The molecule has 0 fully saturated rings. The van der Waals surface area contributed by atoms with Gasteiger partial charge in [-0.25, -0.2) is 4.98 Å². The van der Waals surface area contributed by atoms with E-state index in [9.17, 15) is 4.79 Å². The van der Waals surface area contributed by atoms with Crippen LogP contribution in [0.1, 0.15) is 28.8 Å². The Morgan fingerprint density at radius 2 is 1.90 bits per heavy atom. The van der Waals surface area contributed by atoms with Crippen LogP contribution in [0.25, 0.3) is 0 Å². The third-order valence-corrected chi connectivity index (χ3v) is 5.04. The second-order valence-electron chi connectivity index (χ2n) is 6.34. The molecular formula is C21H22Cl2N4O2. The molecule has 0 radical (unpaired) electrons. The van der Waals surface area contributed by atoms with Crippen molar-refractivity contribution in [2.75, 3.05) is 19.5 Å². The van der Waals surface area contributed by atoms with Gasteiger partial charge in [-0.15, -0.1) is 0 Å². The van der Waals surface area contributed by atoms with Crippen molar-refractivity contribution >= 4 is 40.6 Å². The molecule has 6 nitrogen and oxygen atoms in total. The maximum Gasteiger partial charge on any atom is 0.271 e. The number of imidazole rings is 1. The van der Waals surface area contributed by atoms with Gasteiger partial charge in [-0.2, -0.15) is 0 Å². The fraction of sp³-hybridized carbons (Fsp3) is 0.238. The van der Waals surface area contributed by atoms with Crippen LogP contribution in [0.5, 0.6) is 5.75 Å². The molecule has 0 saturated carbocycles. The summed E-state index contributed by atoms with van der Waals surface area (Å²) in [4.78, 5) is 17.4. The molecule has 2 N–H and O–H groups in total. The number of halogens is 2. The Labute approximate surface area is 179 Å². The minimum Gasteiger partial charge on any atom is -0.497 e. The summed E-state index contributed by atoms with van der Waals surface area (Å²) >= 11 is 12.3. The predicted octanol–water partition coefficient (Wildman–Crippen LogP) is 4.91. The van der Waals surface area contributed by atoms with Crippen molar-refractivity contribution in [3.05, 3.63) is 69.6 Å². The van der Waals surface area contributed by atoms with Gasteiger partial charge in [0.25, 0.3) is 5.91 Å². The van der Waals surface area contributed by atoms with Crippen LogP contribution in [0.4, 0.5) is 11.5 Å². The molecule has 0 unspecified atom stereocenters. The lowest BCUT2D eigenvalue weighted by molar-refractivity contribution is 0.0955. The van der Waals surface area contributed by atoms with Crippen molar-refractivity contribution in [3.63, 3.8) is 0 Å². The normalized spacial score (nSPS) is 10.7. The Morgan fingerprint density at radius 3 is 2.48 bits per heavy atom. The summed E-state index contributed by atoms with van der Waals surface area (Å²) in [6, 6.07) is 12.8. The molecule has 3 aromatic rings. The lowest BCUT2D eigenvalue weighted by Gasteiger charge is -2.13. The highest BCUT2D eigenvalue weighted by Gasteiger charge is 2.22. The Balaban J connectivity index is 2.03. The molecule has 2 aromatic carbocycles. The number of anilines is 2. The molecule has 152 valence electrons. The van der Waals surface area contributed by atoms with E-state index < -0.39 is 0 Å². The van der Waals surface area contributed by atoms with Gasteiger partial charge in [0.2, 0.25) is 0 Å². The molecule has 8 heteroatoms. The Kier molecular flexibility index (Phi) is 6.67. The van der Waals surface area contributed by atoms with E-state index >= 15 is 0 Å². The summed E-state index contributed by atoms with van der Waals surface area (Å²) < 4.78 is 7.13. The minimum absolute atomic E-state index is 0.238. The van der Waals surface area contributed by atoms with Crippen molar-refractivity contribution in [2.45, 2.75) is 19.9 Å². The monoisotopic (exact) mass is 432 g/mol. The zero-order chi connectivity index (χ0) is 21.0. The molecule has 0 saturated heterocycles. The van der Waals surface area contributed by atoms with E-state index in [1.165, 1.54) is 0 Å². The van der Waals surface area contributed by atoms with Crippen molar-refractivity contribution in [1.82, 2.24) is 14.9 Å². The SMILES string of the molecule is CCc1nc(Nc2ccc(Cl)cc2Cl)c(C(=O)NC)n1Cc1ccc(OC)cc1. The molecule has 1 heterocycles. The van der Waals surface area contributed by atoms with Crippen LogP contribution in [0.3, 0.4) is 0 Å². The molecule has 3 rings (SSSR count). The van der Waals surface area contributed by atoms with Gasteiger partial charge in [0.05, 0.1) is 17.8 Å². The van der Waals surface area contributed by atoms with Gasteiger partial charge in [0.15, 0.2) is 11.5 Å². The Bertz CT molecular complexity index is 1020. The molecule has 1 amide bonds. The topological polar surface area (TPSA) is 68.2 Å². The number of nitrogens with zero attached hydrogens (tertiary/aromatic N) is 2. The van der Waals surface area contributed by atoms with Crippen LogP contribution >= 0.6 is 23.2 Å². The lowest BCUT2D eigenvalue weighted by Crippen LogP contribution is -2.23. The number of carbonyl (C=O) groups is 1. The zero-order valence-corrected chi connectivity index (χ0v) is 17.9. The van der Waals surface area contributed by atoms with E-state index in [1.54, 1.807) is 32.4 Å². The fourth-order valence-electron chi connectivity index (χ4n) is 3.01. The number of amides is 1. The Hall–Kier alpha value is -2.70. The fourth-order valence-corrected chi connectivity index (χ4v) is 3.46. The average Bonchev–Trinajstić information content (AvgIpc) is 3.07. The third-order valence-electron chi connectivity index (χ3n) is 4.49. The summed E-state index contributed by atoms with van der Waals surface area (Å²) in [5.74, 6) is 1.77. The van der Waals surface area contributed by atoms with E-state index in [2.05, 4.69) is 15.6 Å². The molecule has 0 aliphatic carbocycles. The molecule has 0 aliphatic heterocycles. The number of benzene rings is 2. The van der Waals surface area contributed by atoms with Gasteiger partial charge < -0.3 is 19.9 Å². The first kappa shape index (κ1) is 21.0. The van der Waals surface area contributed by atoms with E-state index in [0.717, 1.165) is 17.1 Å². The second-order valence-corrected chi connectivity index (χ2v) is 7.18. The number of aromatic nitrogens is 2. The summed E-state index contributed by atoms with van der Waals surface area (Å²) in [6.07, 6.45) is 0.663. The number of aryl methyl sites for hydroxylation is 1. The van der Waals surface area contributed by atoms with Crippen molar-refractivity contribution in [2.24, 2.45) is 0 Å². The molecular weight excluding hydrogens is 411 g/mol. The first-order chi connectivity index (χ1) is 14.0. The van der Waals surface area contributed by atoms with Crippen LogP contribution < -0.4 is 15.4 Å². The molecule has 1 aromatic heterocycles. The van der Waals surface area contributed by atoms with Crippen molar-refractivity contribution in [3.8, 4) is 5.75 Å². The van der Waals surface area contributed by atoms with Gasteiger partial charge in [-0.05, 0) is 35.9 Å². The van der Waals surface area contributed by atoms with Gasteiger partial charge in [0.1, 0.15) is 11.6 Å². The molecule has 0 aliphatic rings. The number of rotatable bonds is 7. The summed E-state index contributed by atoms with van der Waals surface area (Å²) in [5.41, 5.74) is 2.09. The van der Waals surface area contributed by atoms with Crippen LogP contribution in [0.15, 0.2) is 42.5 Å². The largest absolute Gasteiger partial charge is 0.497 e. The molecule has 0 bridgehead atoms. The molecule has 29 heavy (non-hydrogen) atoms. The van der Waals surface area contributed by atoms with Gasteiger partial charge in [0, 0.05) is 25.0 Å². The summed E-state index contributed by atoms with van der Waals surface area (Å²) in [5, 5.41) is 6.86. The number of carbonyl (C=O) groups excluding carboxylic acids is 1. The standard InChI is InChI=1S/C21H22Cl2N4O2/c1-4-18-26-20(25-17-10-7-14(22)11-16(17)23)19(21(28)24-2)27(18)12-13-5-8-15(29-3)9-6-13/h5-11,25H,4,12H2,1-3H3,(H,24,28). The number of hydrogen-bond acceptors (Lipinski definition) is 4. The highest BCUT2D eigenvalue weighted by atomic mass is 35.5. The van der Waals surface area contributed by atoms with Crippen LogP contribution in [0, 0.1) is 0 Å². The van der Waals surface area contributed by atoms with Gasteiger partial charge in [-0.1, -0.05) is 42.3 Å². The van der Waals surface area contributed by atoms with E-state index in [0.29, 0.717) is 40.2 Å². The lowest BCUT2D eigenvalue weighted by atomic mass is 10.2. The van der Waals surface area contributed by atoms with Crippen LogP contribution in [-0.2, 0) is 13.0 Å². The van der Waals surface area contributed by atoms with E-state index in [-0.39, 0.29) is 5.91 Å². The van der Waals surface area contributed by atoms with E-state index in [4.69, 9.17) is 27.9 Å². The third kappa shape index (κ3) is 4.66. The quantitative estimate of drug-likeness (QED) is 0.556. The summed E-state index contributed by atoms with van der Waals surface area (Å²) in [6.45, 7) is 2.50. The smallest absolute Gasteiger partial charge is 0.271 e. The van der Waals surface area contributed by atoms with Crippen molar-refractivity contribution in [1.29, 1.82) is 0 Å². The Morgan fingerprint density at radius 1 is 1.17 bits per heavy atom. The van der Waals surface area contributed by atoms with Crippen LogP contribution in [0.2, 0.25) is 10.0 Å². The first-order valence-electron chi connectivity index (χ1n) is 9.13. The molecule has 0 atom stereocenters. The van der Waals surface area contributed by atoms with Crippen molar-refractivity contribution < 1.29 is 9.53 Å². The number of nitrogens with one attached hydrogen (secondary N) is 2. The van der Waals surface area contributed by atoms with Gasteiger partial charge >= 0.3 is 0 Å².